The van der Waals surface area contributed by atoms with Crippen molar-refractivity contribution in [2.75, 3.05) is 18.1 Å². The maximum Gasteiger partial charge on any atom is 0.394 e. The summed E-state index contributed by atoms with van der Waals surface area (Å²) in [5.74, 6) is 0.763. The van der Waals surface area contributed by atoms with E-state index >= 15 is 0 Å². The van der Waals surface area contributed by atoms with Gasteiger partial charge in [-0.05, 0) is 19.1 Å². The lowest BCUT2D eigenvalue weighted by atomic mass is 10.2. The highest BCUT2D eigenvalue weighted by Crippen LogP contribution is 2.20. The molecule has 1 aromatic rings. The number of nitrogens with two attached hydrogens (primary N) is 2. The van der Waals surface area contributed by atoms with Gasteiger partial charge in [-0.1, -0.05) is 0 Å². The van der Waals surface area contributed by atoms with Crippen LogP contribution in [0.15, 0.2) is 18.2 Å². The van der Waals surface area contributed by atoms with Crippen LogP contribution in [0, 0.1) is 0 Å². The molecule has 0 radical (unpaired) electrons. The highest BCUT2D eigenvalue weighted by molar-refractivity contribution is 7.79. The van der Waals surface area contributed by atoms with Gasteiger partial charge in [0, 0.05) is 6.07 Å². The molecule has 0 saturated carbocycles. The largest absolute Gasteiger partial charge is 0.494 e. The second-order valence-corrected chi connectivity index (χ2v) is 3.57. The molecular formula is C8H14N2O5S. The molecule has 7 nitrogen and oxygen atoms in total. The summed E-state index contributed by atoms with van der Waals surface area (Å²) in [7, 11) is -4.67. The van der Waals surface area contributed by atoms with Gasteiger partial charge in [0.1, 0.15) is 5.75 Å². The van der Waals surface area contributed by atoms with Gasteiger partial charge in [-0.25, -0.2) is 0 Å². The van der Waals surface area contributed by atoms with Gasteiger partial charge in [0.05, 0.1) is 18.0 Å². The van der Waals surface area contributed by atoms with Crippen LogP contribution in [0.1, 0.15) is 6.92 Å². The summed E-state index contributed by atoms with van der Waals surface area (Å²) in [6, 6.07) is 5.26. The predicted molar refractivity (Wildman–Crippen MR) is 60.6 cm³/mol. The number of rotatable bonds is 2. The maximum absolute atomic E-state index is 8.74. The minimum Gasteiger partial charge on any atom is -0.494 e. The van der Waals surface area contributed by atoms with E-state index in [9.17, 15) is 0 Å². The van der Waals surface area contributed by atoms with E-state index in [2.05, 4.69) is 0 Å². The Bertz CT molecular complexity index is 424. The summed E-state index contributed by atoms with van der Waals surface area (Å²) >= 11 is 0. The van der Waals surface area contributed by atoms with E-state index in [1.807, 2.05) is 6.92 Å². The fraction of sp³-hybridized carbons (Fsp3) is 0.250. The van der Waals surface area contributed by atoms with Crippen molar-refractivity contribution in [3.8, 4) is 5.75 Å². The molecule has 0 spiro atoms. The SMILES string of the molecule is CCOc1ccc(N)c(N)c1.O=S(=O)(O)O. The molecule has 0 atom stereocenters. The van der Waals surface area contributed by atoms with Crippen molar-refractivity contribution in [1.29, 1.82) is 0 Å². The summed E-state index contributed by atoms with van der Waals surface area (Å²) in [5.41, 5.74) is 12.2. The summed E-state index contributed by atoms with van der Waals surface area (Å²) < 4.78 is 36.8. The van der Waals surface area contributed by atoms with E-state index in [1.165, 1.54) is 0 Å². The zero-order valence-electron chi connectivity index (χ0n) is 8.62. The Kier molecular flexibility index (Phi) is 5.57. The van der Waals surface area contributed by atoms with Gasteiger partial charge in [0.25, 0.3) is 0 Å². The number of ether oxygens (including phenoxy) is 1. The van der Waals surface area contributed by atoms with Crippen molar-refractivity contribution in [3.05, 3.63) is 18.2 Å². The van der Waals surface area contributed by atoms with Crippen molar-refractivity contribution in [2.45, 2.75) is 6.92 Å². The quantitative estimate of drug-likeness (QED) is 0.445. The first kappa shape index (κ1) is 14.5. The van der Waals surface area contributed by atoms with Gasteiger partial charge in [-0.15, -0.1) is 0 Å². The van der Waals surface area contributed by atoms with Crippen molar-refractivity contribution in [1.82, 2.24) is 0 Å². The highest BCUT2D eigenvalue weighted by Gasteiger charge is 1.95. The van der Waals surface area contributed by atoms with Gasteiger partial charge in [-0.3, -0.25) is 9.11 Å². The number of hydrogen-bond acceptors (Lipinski definition) is 5. The number of nitrogen functional groups attached to an aromatic ring is 2. The minimum absolute atomic E-state index is 0.566. The van der Waals surface area contributed by atoms with Gasteiger partial charge >= 0.3 is 10.4 Å². The molecule has 0 bridgehead atoms. The third-order valence-corrected chi connectivity index (χ3v) is 1.37. The standard InChI is InChI=1S/C8H12N2O.H2O4S/c1-2-11-6-3-4-7(9)8(10)5-6;1-5(2,3)4/h3-5H,2,9-10H2,1H3;(H2,1,2,3,4). The molecule has 0 heterocycles. The lowest BCUT2D eigenvalue weighted by Gasteiger charge is -2.04. The van der Waals surface area contributed by atoms with Gasteiger partial charge in [0.2, 0.25) is 0 Å². The Morgan fingerprint density at radius 3 is 2.12 bits per heavy atom. The lowest BCUT2D eigenvalue weighted by molar-refractivity contribution is 0.340. The first-order valence-electron chi connectivity index (χ1n) is 4.21. The van der Waals surface area contributed by atoms with E-state index in [1.54, 1.807) is 18.2 Å². The zero-order valence-corrected chi connectivity index (χ0v) is 9.44. The first-order valence-corrected chi connectivity index (χ1v) is 5.61. The molecule has 0 aliphatic heterocycles. The Morgan fingerprint density at radius 1 is 1.25 bits per heavy atom. The topological polar surface area (TPSA) is 136 Å². The average Bonchev–Trinajstić information content (AvgIpc) is 2.09. The van der Waals surface area contributed by atoms with Crippen LogP contribution in [-0.4, -0.2) is 24.1 Å². The van der Waals surface area contributed by atoms with Gasteiger partial charge < -0.3 is 16.2 Å². The fourth-order valence-corrected chi connectivity index (χ4v) is 0.809. The molecule has 92 valence electrons. The molecule has 0 aliphatic carbocycles. The van der Waals surface area contributed by atoms with Crippen LogP contribution in [0.2, 0.25) is 0 Å². The smallest absolute Gasteiger partial charge is 0.394 e. The predicted octanol–water partition coefficient (Wildman–Crippen LogP) is 0.597. The Balaban J connectivity index is 0.000000385. The third-order valence-electron chi connectivity index (χ3n) is 1.37. The summed E-state index contributed by atoms with van der Waals surface area (Å²) in [6.45, 7) is 2.57. The summed E-state index contributed by atoms with van der Waals surface area (Å²) in [4.78, 5) is 0. The molecule has 8 heteroatoms. The molecular weight excluding hydrogens is 236 g/mol. The number of anilines is 2. The van der Waals surface area contributed by atoms with Crippen LogP contribution in [0.5, 0.6) is 5.75 Å². The number of benzene rings is 1. The molecule has 16 heavy (non-hydrogen) atoms. The van der Waals surface area contributed by atoms with Crippen molar-refractivity contribution in [2.24, 2.45) is 0 Å². The molecule has 0 saturated heterocycles. The fourth-order valence-electron chi connectivity index (χ4n) is 0.809. The van der Waals surface area contributed by atoms with Gasteiger partial charge in [-0.2, -0.15) is 8.42 Å². The van der Waals surface area contributed by atoms with Crippen molar-refractivity contribution < 1.29 is 22.3 Å². The molecule has 0 fully saturated rings. The molecule has 1 aromatic carbocycles. The molecule has 0 unspecified atom stereocenters. The van der Waals surface area contributed by atoms with Crippen LogP contribution >= 0.6 is 0 Å². The van der Waals surface area contributed by atoms with Crippen LogP contribution in [0.25, 0.3) is 0 Å². The van der Waals surface area contributed by atoms with E-state index < -0.39 is 10.4 Å². The zero-order chi connectivity index (χ0) is 12.8. The Hall–Kier alpha value is -1.51. The van der Waals surface area contributed by atoms with Crippen LogP contribution in [0.3, 0.4) is 0 Å². The van der Waals surface area contributed by atoms with E-state index in [0.717, 1.165) is 5.75 Å². The molecule has 6 N–H and O–H groups in total. The maximum atomic E-state index is 8.74. The summed E-state index contributed by atoms with van der Waals surface area (Å²) in [6.07, 6.45) is 0. The molecule has 0 aromatic heterocycles. The van der Waals surface area contributed by atoms with Crippen molar-refractivity contribution in [3.63, 3.8) is 0 Å². The minimum atomic E-state index is -4.67. The van der Waals surface area contributed by atoms with Crippen LogP contribution in [0.4, 0.5) is 11.4 Å². The average molecular weight is 250 g/mol. The van der Waals surface area contributed by atoms with Crippen molar-refractivity contribution >= 4 is 21.8 Å². The van der Waals surface area contributed by atoms with E-state index in [4.69, 9.17) is 33.7 Å². The Labute approximate surface area is 93.6 Å². The molecule has 0 amide bonds. The monoisotopic (exact) mass is 250 g/mol. The Morgan fingerprint density at radius 2 is 1.75 bits per heavy atom. The lowest BCUT2D eigenvalue weighted by Crippen LogP contribution is -1.96. The second kappa shape index (κ2) is 6.16. The normalized spacial score (nSPS) is 10.2. The summed E-state index contributed by atoms with van der Waals surface area (Å²) in [5, 5.41) is 0. The van der Waals surface area contributed by atoms with E-state index in [-0.39, 0.29) is 0 Å². The van der Waals surface area contributed by atoms with Crippen LogP contribution < -0.4 is 16.2 Å². The molecule has 1 rings (SSSR count). The second-order valence-electron chi connectivity index (χ2n) is 2.67. The van der Waals surface area contributed by atoms with E-state index in [0.29, 0.717) is 18.0 Å². The number of hydrogen-bond donors (Lipinski definition) is 4. The van der Waals surface area contributed by atoms with Crippen LogP contribution in [-0.2, 0) is 10.4 Å². The van der Waals surface area contributed by atoms with Gasteiger partial charge in [0.15, 0.2) is 0 Å². The highest BCUT2D eigenvalue weighted by atomic mass is 32.3. The molecule has 0 aliphatic rings. The first-order chi connectivity index (χ1) is 7.24. The third kappa shape index (κ3) is 7.85.